The Morgan fingerprint density at radius 2 is 1.73 bits per heavy atom. The zero-order valence-electron chi connectivity index (χ0n) is 7.81. The van der Waals surface area contributed by atoms with E-state index in [4.69, 9.17) is 4.74 Å². The van der Waals surface area contributed by atoms with Crippen LogP contribution in [-0.2, 0) is 4.74 Å². The predicted octanol–water partition coefficient (Wildman–Crippen LogP) is 0.0779. The molecule has 0 fully saturated rings. The molecular weight excluding hydrogens is 140 g/mol. The van der Waals surface area contributed by atoms with E-state index < -0.39 is 0 Å². The second-order valence-corrected chi connectivity index (χ2v) is 2.64. The van der Waals surface area contributed by atoms with Crippen LogP contribution in [0.2, 0.25) is 0 Å². The van der Waals surface area contributed by atoms with Gasteiger partial charge in [-0.1, -0.05) is 0 Å². The topological polar surface area (TPSA) is 33.3 Å². The van der Waals surface area contributed by atoms with Gasteiger partial charge in [0.1, 0.15) is 0 Å². The second-order valence-electron chi connectivity index (χ2n) is 2.64. The third-order valence-electron chi connectivity index (χ3n) is 1.54. The Kier molecular flexibility index (Phi) is 7.89. The summed E-state index contributed by atoms with van der Waals surface area (Å²) in [6.07, 6.45) is 0. The van der Waals surface area contributed by atoms with Crippen molar-refractivity contribution < 1.29 is 4.74 Å². The van der Waals surface area contributed by atoms with Crippen LogP contribution in [0.25, 0.3) is 0 Å². The average Bonchev–Trinajstić information content (AvgIpc) is 2.01. The van der Waals surface area contributed by atoms with Crippen LogP contribution < -0.4 is 10.6 Å². The van der Waals surface area contributed by atoms with Crippen molar-refractivity contribution in [3.8, 4) is 0 Å². The molecular formula is C8H20N2O. The van der Waals surface area contributed by atoms with E-state index in [1.54, 1.807) is 0 Å². The van der Waals surface area contributed by atoms with Crippen molar-refractivity contribution >= 4 is 0 Å². The van der Waals surface area contributed by atoms with E-state index in [0.717, 1.165) is 26.3 Å². The maximum atomic E-state index is 5.32. The van der Waals surface area contributed by atoms with Gasteiger partial charge >= 0.3 is 0 Å². The van der Waals surface area contributed by atoms with Gasteiger partial charge in [0.05, 0.1) is 6.61 Å². The van der Waals surface area contributed by atoms with Crippen molar-refractivity contribution in [2.45, 2.75) is 6.92 Å². The summed E-state index contributed by atoms with van der Waals surface area (Å²) in [7, 11) is 3.93. The highest BCUT2D eigenvalue weighted by molar-refractivity contribution is 4.61. The first-order valence-corrected chi connectivity index (χ1v) is 4.22. The Labute approximate surface area is 69.5 Å². The van der Waals surface area contributed by atoms with E-state index in [-0.39, 0.29) is 0 Å². The number of hydrogen-bond acceptors (Lipinski definition) is 3. The maximum Gasteiger partial charge on any atom is 0.0518 e. The Balaban J connectivity index is 3.34. The van der Waals surface area contributed by atoms with Gasteiger partial charge in [-0.15, -0.1) is 0 Å². The fraction of sp³-hybridized carbons (Fsp3) is 1.00. The molecule has 0 heterocycles. The van der Waals surface area contributed by atoms with Gasteiger partial charge in [0.15, 0.2) is 0 Å². The minimum atomic E-state index is 0.588. The van der Waals surface area contributed by atoms with Crippen molar-refractivity contribution in [1.82, 2.24) is 10.6 Å². The van der Waals surface area contributed by atoms with E-state index in [1.807, 2.05) is 21.0 Å². The molecule has 0 spiro atoms. The summed E-state index contributed by atoms with van der Waals surface area (Å²) in [5.41, 5.74) is 0. The first kappa shape index (κ1) is 10.9. The highest BCUT2D eigenvalue weighted by atomic mass is 16.5. The molecule has 0 aliphatic heterocycles. The highest BCUT2D eigenvalue weighted by Gasteiger charge is 2.05. The summed E-state index contributed by atoms with van der Waals surface area (Å²) in [5, 5.41) is 6.28. The molecule has 0 rings (SSSR count). The van der Waals surface area contributed by atoms with Crippen LogP contribution in [0, 0.1) is 5.92 Å². The Bertz CT molecular complexity index is 72.5. The molecule has 0 aromatic heterocycles. The number of nitrogens with one attached hydrogen (secondary N) is 2. The molecule has 0 saturated heterocycles. The van der Waals surface area contributed by atoms with E-state index in [1.165, 1.54) is 0 Å². The number of ether oxygens (including phenoxy) is 1. The van der Waals surface area contributed by atoms with Crippen LogP contribution in [0.3, 0.4) is 0 Å². The molecule has 2 N–H and O–H groups in total. The summed E-state index contributed by atoms with van der Waals surface area (Å²) in [6, 6.07) is 0. The molecule has 0 aliphatic carbocycles. The van der Waals surface area contributed by atoms with Gasteiger partial charge in [-0.05, 0) is 21.0 Å². The van der Waals surface area contributed by atoms with Crippen LogP contribution in [0.1, 0.15) is 6.92 Å². The summed E-state index contributed by atoms with van der Waals surface area (Å²) in [6.45, 7) is 5.71. The van der Waals surface area contributed by atoms with Gasteiger partial charge in [0.2, 0.25) is 0 Å². The molecule has 11 heavy (non-hydrogen) atoms. The Morgan fingerprint density at radius 3 is 2.09 bits per heavy atom. The predicted molar refractivity (Wildman–Crippen MR) is 47.8 cm³/mol. The largest absolute Gasteiger partial charge is 0.381 e. The smallest absolute Gasteiger partial charge is 0.0518 e. The van der Waals surface area contributed by atoms with Gasteiger partial charge in [0.25, 0.3) is 0 Å². The summed E-state index contributed by atoms with van der Waals surface area (Å²) >= 11 is 0. The van der Waals surface area contributed by atoms with Crippen molar-refractivity contribution in [2.75, 3.05) is 40.4 Å². The lowest BCUT2D eigenvalue weighted by Crippen LogP contribution is -2.31. The van der Waals surface area contributed by atoms with Gasteiger partial charge in [-0.3, -0.25) is 0 Å². The SMILES string of the molecule is CCOCC(CNC)CNC. The lowest BCUT2D eigenvalue weighted by Gasteiger charge is -2.15. The molecule has 68 valence electrons. The molecule has 3 nitrogen and oxygen atoms in total. The monoisotopic (exact) mass is 160 g/mol. The van der Waals surface area contributed by atoms with Gasteiger partial charge in [0, 0.05) is 25.6 Å². The fourth-order valence-electron chi connectivity index (χ4n) is 1.05. The molecule has 0 saturated carbocycles. The second kappa shape index (κ2) is 7.98. The fourth-order valence-corrected chi connectivity index (χ4v) is 1.05. The third kappa shape index (κ3) is 6.28. The van der Waals surface area contributed by atoms with Crippen LogP contribution in [-0.4, -0.2) is 40.4 Å². The first-order chi connectivity index (χ1) is 5.35. The molecule has 0 aromatic carbocycles. The minimum absolute atomic E-state index is 0.588. The molecule has 0 radical (unpaired) electrons. The van der Waals surface area contributed by atoms with Crippen LogP contribution in [0.15, 0.2) is 0 Å². The average molecular weight is 160 g/mol. The van der Waals surface area contributed by atoms with Gasteiger partial charge < -0.3 is 15.4 Å². The van der Waals surface area contributed by atoms with Crippen LogP contribution in [0.4, 0.5) is 0 Å². The lowest BCUT2D eigenvalue weighted by molar-refractivity contribution is 0.110. The van der Waals surface area contributed by atoms with Crippen molar-refractivity contribution in [3.63, 3.8) is 0 Å². The van der Waals surface area contributed by atoms with E-state index in [0.29, 0.717) is 5.92 Å². The van der Waals surface area contributed by atoms with Gasteiger partial charge in [-0.2, -0.15) is 0 Å². The zero-order chi connectivity index (χ0) is 8.53. The molecule has 0 amide bonds. The highest BCUT2D eigenvalue weighted by Crippen LogP contribution is 1.93. The Morgan fingerprint density at radius 1 is 1.18 bits per heavy atom. The zero-order valence-corrected chi connectivity index (χ0v) is 7.81. The van der Waals surface area contributed by atoms with Crippen molar-refractivity contribution in [1.29, 1.82) is 0 Å². The molecule has 0 atom stereocenters. The summed E-state index contributed by atoms with van der Waals surface area (Å²) in [5.74, 6) is 0.588. The van der Waals surface area contributed by atoms with E-state index in [9.17, 15) is 0 Å². The summed E-state index contributed by atoms with van der Waals surface area (Å²) < 4.78 is 5.32. The van der Waals surface area contributed by atoms with Crippen LogP contribution >= 0.6 is 0 Å². The van der Waals surface area contributed by atoms with Crippen molar-refractivity contribution in [2.24, 2.45) is 5.92 Å². The molecule has 3 heteroatoms. The van der Waals surface area contributed by atoms with Crippen LogP contribution in [0.5, 0.6) is 0 Å². The standard InChI is InChI=1S/C8H20N2O/c1-4-11-7-8(5-9-2)6-10-3/h8-10H,4-7H2,1-3H3. The number of rotatable bonds is 7. The van der Waals surface area contributed by atoms with Crippen molar-refractivity contribution in [3.05, 3.63) is 0 Å². The molecule has 0 unspecified atom stereocenters. The summed E-state index contributed by atoms with van der Waals surface area (Å²) in [4.78, 5) is 0. The third-order valence-corrected chi connectivity index (χ3v) is 1.54. The molecule has 0 aliphatic rings. The molecule has 0 bridgehead atoms. The lowest BCUT2D eigenvalue weighted by atomic mass is 10.1. The first-order valence-electron chi connectivity index (χ1n) is 4.22. The van der Waals surface area contributed by atoms with Gasteiger partial charge in [-0.25, -0.2) is 0 Å². The normalized spacial score (nSPS) is 10.9. The van der Waals surface area contributed by atoms with E-state index in [2.05, 4.69) is 10.6 Å². The quantitative estimate of drug-likeness (QED) is 0.553. The molecule has 0 aromatic rings. The Hall–Kier alpha value is -0.120. The maximum absolute atomic E-state index is 5.32. The number of hydrogen-bond donors (Lipinski definition) is 2. The van der Waals surface area contributed by atoms with E-state index >= 15 is 0 Å². The minimum Gasteiger partial charge on any atom is -0.381 e.